The molecule has 2 heterocycles. The summed E-state index contributed by atoms with van der Waals surface area (Å²) in [6.07, 6.45) is 2.36. The first kappa shape index (κ1) is 9.93. The summed E-state index contributed by atoms with van der Waals surface area (Å²) in [6.45, 7) is 3.19. The van der Waals surface area contributed by atoms with E-state index in [0.717, 1.165) is 38.9 Å². The average Bonchev–Trinajstić information content (AvgIpc) is 2.65. The molecule has 1 atom stereocenters. The molecule has 0 radical (unpaired) electrons. The van der Waals surface area contributed by atoms with E-state index >= 15 is 0 Å². The van der Waals surface area contributed by atoms with E-state index in [-0.39, 0.29) is 17.9 Å². The fourth-order valence-corrected chi connectivity index (χ4v) is 2.27. The van der Waals surface area contributed by atoms with E-state index in [2.05, 4.69) is 5.32 Å². The van der Waals surface area contributed by atoms with E-state index < -0.39 is 0 Å². The average molecular weight is 198 g/mol. The second kappa shape index (κ2) is 4.28. The Labute approximate surface area is 84.3 Å². The number of carbonyl (C=O) groups excluding carboxylic acids is 1. The molecule has 0 aromatic rings. The summed E-state index contributed by atoms with van der Waals surface area (Å²) in [6, 6.07) is 0. The highest BCUT2D eigenvalue weighted by molar-refractivity contribution is 5.79. The molecule has 2 rings (SSSR count). The molecule has 0 unspecified atom stereocenters. The zero-order chi connectivity index (χ0) is 9.97. The van der Waals surface area contributed by atoms with Gasteiger partial charge in [0.15, 0.2) is 0 Å². The third kappa shape index (κ3) is 2.07. The minimum Gasteiger partial charge on any atom is -0.391 e. The molecule has 0 saturated carbocycles. The molecule has 1 amide bonds. The lowest BCUT2D eigenvalue weighted by atomic mass is 9.97. The molecule has 2 fully saturated rings. The number of piperidine rings is 1. The highest BCUT2D eigenvalue weighted by atomic mass is 16.3. The monoisotopic (exact) mass is 198 g/mol. The predicted octanol–water partition coefficient (Wildman–Crippen LogP) is -0.421. The van der Waals surface area contributed by atoms with Gasteiger partial charge in [-0.2, -0.15) is 0 Å². The van der Waals surface area contributed by atoms with Crippen LogP contribution in [0.3, 0.4) is 0 Å². The number of carbonyl (C=O) groups is 1. The topological polar surface area (TPSA) is 52.6 Å². The first-order chi connectivity index (χ1) is 6.77. The minimum atomic E-state index is -0.291. The molecule has 80 valence electrons. The van der Waals surface area contributed by atoms with E-state index in [9.17, 15) is 9.90 Å². The van der Waals surface area contributed by atoms with Crippen LogP contribution in [-0.2, 0) is 4.79 Å². The van der Waals surface area contributed by atoms with E-state index in [4.69, 9.17) is 0 Å². The lowest BCUT2D eigenvalue weighted by Gasteiger charge is -2.26. The van der Waals surface area contributed by atoms with Crippen molar-refractivity contribution in [2.75, 3.05) is 26.2 Å². The number of nitrogens with one attached hydrogen (secondary N) is 1. The van der Waals surface area contributed by atoms with Crippen molar-refractivity contribution in [2.45, 2.75) is 25.4 Å². The molecule has 2 aliphatic heterocycles. The Morgan fingerprint density at radius 2 is 2.00 bits per heavy atom. The van der Waals surface area contributed by atoms with Gasteiger partial charge in [0.25, 0.3) is 0 Å². The molecule has 2 saturated heterocycles. The van der Waals surface area contributed by atoms with E-state index in [0.29, 0.717) is 6.54 Å². The second-order valence-electron chi connectivity index (χ2n) is 4.25. The van der Waals surface area contributed by atoms with Crippen LogP contribution in [0.5, 0.6) is 0 Å². The summed E-state index contributed by atoms with van der Waals surface area (Å²) in [7, 11) is 0. The molecule has 2 N–H and O–H groups in total. The standard InChI is InChI=1S/C10H18N2O2/c13-9-3-6-12(7-9)10(14)8-1-4-11-5-2-8/h8-9,11,13H,1-7H2/t9-/m0/s1. The van der Waals surface area contributed by atoms with Crippen LogP contribution in [0.25, 0.3) is 0 Å². The van der Waals surface area contributed by atoms with Crippen molar-refractivity contribution in [3.63, 3.8) is 0 Å². The lowest BCUT2D eigenvalue weighted by molar-refractivity contribution is -0.135. The maximum absolute atomic E-state index is 11.9. The number of aliphatic hydroxyl groups excluding tert-OH is 1. The second-order valence-corrected chi connectivity index (χ2v) is 4.25. The molecule has 2 aliphatic rings. The zero-order valence-electron chi connectivity index (χ0n) is 8.41. The highest BCUT2D eigenvalue weighted by Crippen LogP contribution is 2.18. The molecule has 0 aliphatic carbocycles. The molecule has 0 aromatic carbocycles. The molecular formula is C10H18N2O2. The van der Waals surface area contributed by atoms with Gasteiger partial charge in [-0.25, -0.2) is 0 Å². The first-order valence-electron chi connectivity index (χ1n) is 5.45. The van der Waals surface area contributed by atoms with Gasteiger partial charge in [0.05, 0.1) is 6.10 Å². The number of likely N-dealkylation sites (tertiary alicyclic amines) is 1. The molecule has 4 nitrogen and oxygen atoms in total. The van der Waals surface area contributed by atoms with Gasteiger partial charge in [-0.1, -0.05) is 0 Å². The fourth-order valence-electron chi connectivity index (χ4n) is 2.27. The van der Waals surface area contributed by atoms with Crippen LogP contribution >= 0.6 is 0 Å². The van der Waals surface area contributed by atoms with Gasteiger partial charge in [-0.05, 0) is 32.4 Å². The van der Waals surface area contributed by atoms with Crippen LogP contribution in [0.2, 0.25) is 0 Å². The van der Waals surface area contributed by atoms with Crippen molar-refractivity contribution >= 4 is 5.91 Å². The van der Waals surface area contributed by atoms with Crippen LogP contribution < -0.4 is 5.32 Å². The van der Waals surface area contributed by atoms with Crippen molar-refractivity contribution in [1.82, 2.24) is 10.2 Å². The number of hydrogen-bond donors (Lipinski definition) is 2. The Kier molecular flexibility index (Phi) is 3.03. The highest BCUT2D eigenvalue weighted by Gasteiger charge is 2.30. The normalized spacial score (nSPS) is 29.5. The summed E-state index contributed by atoms with van der Waals surface area (Å²) < 4.78 is 0. The van der Waals surface area contributed by atoms with Crippen molar-refractivity contribution < 1.29 is 9.90 Å². The number of nitrogens with zero attached hydrogens (tertiary/aromatic N) is 1. The number of β-amino-alcohol motifs (C(OH)–C–C–N with tert-alkyl or cyclic N) is 1. The Bertz CT molecular complexity index is 207. The van der Waals surface area contributed by atoms with Crippen molar-refractivity contribution in [3.05, 3.63) is 0 Å². The van der Waals surface area contributed by atoms with Gasteiger partial charge >= 0.3 is 0 Å². The van der Waals surface area contributed by atoms with Gasteiger partial charge in [0.2, 0.25) is 5.91 Å². The lowest BCUT2D eigenvalue weighted by Crippen LogP contribution is -2.40. The Balaban J connectivity index is 1.87. The fraction of sp³-hybridized carbons (Fsp3) is 0.900. The molecule has 0 aromatic heterocycles. The van der Waals surface area contributed by atoms with Gasteiger partial charge in [-0.15, -0.1) is 0 Å². The molecule has 0 bridgehead atoms. The van der Waals surface area contributed by atoms with E-state index in [1.807, 2.05) is 4.90 Å². The van der Waals surface area contributed by atoms with Gasteiger partial charge in [0, 0.05) is 19.0 Å². The van der Waals surface area contributed by atoms with Crippen molar-refractivity contribution in [3.8, 4) is 0 Å². The predicted molar refractivity (Wildman–Crippen MR) is 52.8 cm³/mol. The summed E-state index contributed by atoms with van der Waals surface area (Å²) in [5.41, 5.74) is 0. The van der Waals surface area contributed by atoms with Crippen LogP contribution in [0.1, 0.15) is 19.3 Å². The van der Waals surface area contributed by atoms with Gasteiger partial charge < -0.3 is 15.3 Å². The third-order valence-corrected chi connectivity index (χ3v) is 3.16. The van der Waals surface area contributed by atoms with Crippen molar-refractivity contribution in [2.24, 2.45) is 5.92 Å². The van der Waals surface area contributed by atoms with Crippen LogP contribution in [0, 0.1) is 5.92 Å². The summed E-state index contributed by atoms with van der Waals surface area (Å²) in [5, 5.41) is 12.6. The van der Waals surface area contributed by atoms with Gasteiger partial charge in [-0.3, -0.25) is 4.79 Å². The number of amides is 1. The summed E-state index contributed by atoms with van der Waals surface area (Å²) in [5.74, 6) is 0.449. The number of hydrogen-bond acceptors (Lipinski definition) is 3. The Morgan fingerprint density at radius 3 is 2.57 bits per heavy atom. The quantitative estimate of drug-likeness (QED) is 0.601. The van der Waals surface area contributed by atoms with E-state index in [1.165, 1.54) is 0 Å². The smallest absolute Gasteiger partial charge is 0.225 e. The SMILES string of the molecule is O=C(C1CCNCC1)N1CC[C@H](O)C1. The van der Waals surface area contributed by atoms with Crippen LogP contribution in [-0.4, -0.2) is 48.2 Å². The van der Waals surface area contributed by atoms with E-state index in [1.54, 1.807) is 0 Å². The zero-order valence-corrected chi connectivity index (χ0v) is 8.41. The number of aliphatic hydroxyl groups is 1. The molecule has 14 heavy (non-hydrogen) atoms. The number of rotatable bonds is 1. The molecular weight excluding hydrogens is 180 g/mol. The van der Waals surface area contributed by atoms with Crippen LogP contribution in [0.15, 0.2) is 0 Å². The van der Waals surface area contributed by atoms with Gasteiger partial charge in [0.1, 0.15) is 0 Å². The van der Waals surface area contributed by atoms with Crippen LogP contribution in [0.4, 0.5) is 0 Å². The largest absolute Gasteiger partial charge is 0.391 e. The maximum Gasteiger partial charge on any atom is 0.225 e. The Hall–Kier alpha value is -0.610. The van der Waals surface area contributed by atoms with Crippen molar-refractivity contribution in [1.29, 1.82) is 0 Å². The molecule has 4 heteroatoms. The maximum atomic E-state index is 11.9. The summed E-state index contributed by atoms with van der Waals surface area (Å²) >= 11 is 0. The minimum absolute atomic E-state index is 0.196. The summed E-state index contributed by atoms with van der Waals surface area (Å²) in [4.78, 5) is 13.8. The molecule has 0 spiro atoms. The third-order valence-electron chi connectivity index (χ3n) is 3.16. The first-order valence-corrected chi connectivity index (χ1v) is 5.45. The Morgan fingerprint density at radius 1 is 1.29 bits per heavy atom.